The Bertz CT molecular complexity index is 1140. The standard InChI is InChI=1S/C22H18BrCl2N3O4/c1-2-31-21-10-14(12-26-27-17-5-7-18(8-6-17)28(29)30)9-19(23)22(21)32-13-15-3-4-16(24)11-20(15)25/h3-12,27H,2,13H2,1H3/b26-12+. The van der Waals surface area contributed by atoms with Crippen molar-refractivity contribution in [2.24, 2.45) is 5.10 Å². The van der Waals surface area contributed by atoms with E-state index in [1.165, 1.54) is 12.1 Å². The molecule has 0 bridgehead atoms. The summed E-state index contributed by atoms with van der Waals surface area (Å²) in [5, 5.41) is 16.0. The number of anilines is 1. The lowest BCUT2D eigenvalue weighted by molar-refractivity contribution is -0.384. The Kier molecular flexibility index (Phi) is 8.33. The normalized spacial score (nSPS) is 10.9. The van der Waals surface area contributed by atoms with E-state index in [0.29, 0.717) is 38.3 Å². The molecule has 0 heterocycles. The third kappa shape index (κ3) is 6.35. The third-order valence-electron chi connectivity index (χ3n) is 4.20. The van der Waals surface area contributed by atoms with Crippen LogP contribution in [0.25, 0.3) is 0 Å². The highest BCUT2D eigenvalue weighted by Gasteiger charge is 2.13. The summed E-state index contributed by atoms with van der Waals surface area (Å²) in [5.74, 6) is 1.09. The minimum Gasteiger partial charge on any atom is -0.490 e. The maximum Gasteiger partial charge on any atom is 0.269 e. The van der Waals surface area contributed by atoms with Gasteiger partial charge in [-0.3, -0.25) is 15.5 Å². The summed E-state index contributed by atoms with van der Waals surface area (Å²) >= 11 is 15.7. The lowest BCUT2D eigenvalue weighted by atomic mass is 10.2. The van der Waals surface area contributed by atoms with E-state index in [1.807, 2.05) is 19.1 Å². The predicted molar refractivity (Wildman–Crippen MR) is 130 cm³/mol. The van der Waals surface area contributed by atoms with Crippen LogP contribution in [-0.4, -0.2) is 17.7 Å². The van der Waals surface area contributed by atoms with Crippen LogP contribution in [0.4, 0.5) is 11.4 Å². The van der Waals surface area contributed by atoms with E-state index in [1.54, 1.807) is 36.5 Å². The average molecular weight is 539 g/mol. The van der Waals surface area contributed by atoms with Gasteiger partial charge in [0.2, 0.25) is 0 Å². The number of benzene rings is 3. The van der Waals surface area contributed by atoms with Crippen LogP contribution in [0.15, 0.2) is 64.2 Å². The van der Waals surface area contributed by atoms with Crippen molar-refractivity contribution in [2.75, 3.05) is 12.0 Å². The van der Waals surface area contributed by atoms with Gasteiger partial charge in [0.05, 0.1) is 27.9 Å². The minimum absolute atomic E-state index is 0.0142. The molecule has 0 unspecified atom stereocenters. The molecule has 0 spiro atoms. The highest BCUT2D eigenvalue weighted by molar-refractivity contribution is 9.10. The zero-order valence-electron chi connectivity index (χ0n) is 16.8. The van der Waals surface area contributed by atoms with Crippen molar-refractivity contribution in [3.05, 3.63) is 90.4 Å². The second kappa shape index (κ2) is 11.2. The third-order valence-corrected chi connectivity index (χ3v) is 5.38. The van der Waals surface area contributed by atoms with Gasteiger partial charge in [0.1, 0.15) is 6.61 Å². The summed E-state index contributed by atoms with van der Waals surface area (Å²) in [7, 11) is 0. The molecule has 0 radical (unpaired) electrons. The van der Waals surface area contributed by atoms with Gasteiger partial charge in [0, 0.05) is 27.7 Å². The molecule has 3 aromatic rings. The first-order chi connectivity index (χ1) is 15.4. The largest absolute Gasteiger partial charge is 0.490 e. The van der Waals surface area contributed by atoms with E-state index in [4.69, 9.17) is 32.7 Å². The first-order valence-electron chi connectivity index (χ1n) is 9.44. The molecule has 0 aliphatic carbocycles. The Hall–Kier alpha value is -2.81. The molecule has 0 aliphatic heterocycles. The summed E-state index contributed by atoms with van der Waals surface area (Å²) in [5.41, 5.74) is 5.02. The highest BCUT2D eigenvalue weighted by atomic mass is 79.9. The number of hydrazone groups is 1. The van der Waals surface area contributed by atoms with Crippen LogP contribution in [0.5, 0.6) is 11.5 Å². The van der Waals surface area contributed by atoms with Gasteiger partial charge in [0.25, 0.3) is 5.69 Å². The number of nitro groups is 1. The second-order valence-electron chi connectivity index (χ2n) is 6.46. The Balaban J connectivity index is 1.73. The molecular weight excluding hydrogens is 521 g/mol. The van der Waals surface area contributed by atoms with E-state index in [2.05, 4.69) is 26.5 Å². The number of rotatable bonds is 9. The number of nitrogens with zero attached hydrogens (tertiary/aromatic N) is 2. The molecule has 7 nitrogen and oxygen atoms in total. The van der Waals surface area contributed by atoms with E-state index >= 15 is 0 Å². The van der Waals surface area contributed by atoms with Crippen LogP contribution >= 0.6 is 39.1 Å². The van der Waals surface area contributed by atoms with Crippen LogP contribution in [0.2, 0.25) is 10.0 Å². The van der Waals surface area contributed by atoms with Crippen molar-refractivity contribution in [1.82, 2.24) is 0 Å². The van der Waals surface area contributed by atoms with Crippen molar-refractivity contribution in [2.45, 2.75) is 13.5 Å². The summed E-state index contributed by atoms with van der Waals surface area (Å²) in [6.45, 7) is 2.57. The topological polar surface area (TPSA) is 86.0 Å². The number of non-ortho nitro benzene ring substituents is 1. The molecule has 10 heteroatoms. The zero-order chi connectivity index (χ0) is 23.1. The molecule has 3 aromatic carbocycles. The lowest BCUT2D eigenvalue weighted by Gasteiger charge is -2.15. The maximum absolute atomic E-state index is 10.7. The molecular formula is C22H18BrCl2N3O4. The molecule has 0 atom stereocenters. The number of nitro benzene ring substituents is 1. The highest BCUT2D eigenvalue weighted by Crippen LogP contribution is 2.37. The van der Waals surface area contributed by atoms with Crippen LogP contribution in [0.3, 0.4) is 0 Å². The van der Waals surface area contributed by atoms with Crippen LogP contribution in [0.1, 0.15) is 18.1 Å². The average Bonchev–Trinajstić information content (AvgIpc) is 2.75. The smallest absolute Gasteiger partial charge is 0.269 e. The maximum atomic E-state index is 10.7. The van der Waals surface area contributed by atoms with Crippen molar-refractivity contribution in [1.29, 1.82) is 0 Å². The number of halogens is 3. The predicted octanol–water partition coefficient (Wildman–Crippen LogP) is 7.09. The monoisotopic (exact) mass is 537 g/mol. The van der Waals surface area contributed by atoms with Gasteiger partial charge < -0.3 is 9.47 Å². The minimum atomic E-state index is -0.454. The Morgan fingerprint density at radius 2 is 1.88 bits per heavy atom. The van der Waals surface area contributed by atoms with E-state index in [-0.39, 0.29) is 12.3 Å². The van der Waals surface area contributed by atoms with Crippen LogP contribution < -0.4 is 14.9 Å². The van der Waals surface area contributed by atoms with Gasteiger partial charge in [-0.15, -0.1) is 0 Å². The molecule has 0 aliphatic rings. The number of hydrogen-bond acceptors (Lipinski definition) is 6. The first kappa shape index (κ1) is 23.8. The molecule has 1 N–H and O–H groups in total. The number of hydrogen-bond donors (Lipinski definition) is 1. The van der Waals surface area contributed by atoms with E-state index in [0.717, 1.165) is 11.1 Å². The second-order valence-corrected chi connectivity index (χ2v) is 8.16. The summed E-state index contributed by atoms with van der Waals surface area (Å²) in [6.07, 6.45) is 1.61. The number of ether oxygens (including phenoxy) is 2. The van der Waals surface area contributed by atoms with Gasteiger partial charge in [-0.05, 0) is 64.8 Å². The Morgan fingerprint density at radius 1 is 1.12 bits per heavy atom. The fraction of sp³-hybridized carbons (Fsp3) is 0.136. The van der Waals surface area contributed by atoms with Crippen molar-refractivity contribution >= 4 is 56.7 Å². The van der Waals surface area contributed by atoms with Gasteiger partial charge in [-0.2, -0.15) is 5.10 Å². The Morgan fingerprint density at radius 3 is 2.53 bits per heavy atom. The SMILES string of the molecule is CCOc1cc(/C=N/Nc2ccc([N+](=O)[O-])cc2)cc(Br)c1OCc1ccc(Cl)cc1Cl. The Labute approximate surface area is 203 Å². The first-order valence-corrected chi connectivity index (χ1v) is 11.0. The molecule has 0 amide bonds. The van der Waals surface area contributed by atoms with Crippen LogP contribution in [0, 0.1) is 10.1 Å². The summed E-state index contributed by atoms with van der Waals surface area (Å²) in [6, 6.07) is 14.8. The molecule has 3 rings (SSSR count). The van der Waals surface area contributed by atoms with Gasteiger partial charge >= 0.3 is 0 Å². The van der Waals surface area contributed by atoms with Crippen molar-refractivity contribution in [3.63, 3.8) is 0 Å². The summed E-state index contributed by atoms with van der Waals surface area (Å²) in [4.78, 5) is 10.3. The van der Waals surface area contributed by atoms with Gasteiger partial charge in [-0.1, -0.05) is 29.3 Å². The fourth-order valence-electron chi connectivity index (χ4n) is 2.69. The molecule has 0 fully saturated rings. The fourth-order valence-corrected chi connectivity index (χ4v) is 3.73. The molecule has 166 valence electrons. The number of nitrogens with one attached hydrogen (secondary N) is 1. The quantitative estimate of drug-likeness (QED) is 0.178. The zero-order valence-corrected chi connectivity index (χ0v) is 19.9. The van der Waals surface area contributed by atoms with Crippen molar-refractivity contribution in [3.8, 4) is 11.5 Å². The lowest BCUT2D eigenvalue weighted by Crippen LogP contribution is -2.02. The van der Waals surface area contributed by atoms with Crippen molar-refractivity contribution < 1.29 is 14.4 Å². The van der Waals surface area contributed by atoms with E-state index < -0.39 is 4.92 Å². The molecule has 0 aromatic heterocycles. The molecule has 0 saturated heterocycles. The summed E-state index contributed by atoms with van der Waals surface area (Å²) < 4.78 is 12.4. The van der Waals surface area contributed by atoms with Gasteiger partial charge in [0.15, 0.2) is 11.5 Å². The van der Waals surface area contributed by atoms with E-state index in [9.17, 15) is 10.1 Å². The molecule has 32 heavy (non-hydrogen) atoms. The van der Waals surface area contributed by atoms with Gasteiger partial charge in [-0.25, -0.2) is 0 Å². The molecule has 0 saturated carbocycles. The van der Waals surface area contributed by atoms with Crippen LogP contribution in [-0.2, 0) is 6.61 Å².